The predicted molar refractivity (Wildman–Crippen MR) is 325 cm³/mol. The van der Waals surface area contributed by atoms with Crippen LogP contribution in [0.25, 0.3) is 43.4 Å². The maximum atomic E-state index is 17.4. The lowest BCUT2D eigenvalue weighted by atomic mass is 9.91. The molecule has 0 radical (unpaired) electrons. The van der Waals surface area contributed by atoms with Gasteiger partial charge in [-0.3, -0.25) is 19.5 Å². The minimum Gasteiger partial charge on any atom is -0.508 e. The number of aryl methyl sites for hydroxylation is 2. The average Bonchev–Trinajstić information content (AvgIpc) is 1.94. The fourth-order valence-corrected chi connectivity index (χ4v) is 15.7. The van der Waals surface area contributed by atoms with Crippen LogP contribution >= 0.6 is 11.3 Å². The van der Waals surface area contributed by atoms with Crippen LogP contribution in [-0.4, -0.2) is 162 Å². The van der Waals surface area contributed by atoms with Crippen molar-refractivity contribution in [3.8, 4) is 39.3 Å². The number of fused-ring (bicyclic) bond motifs is 5. The number of aliphatic hydroxyl groups excluding tert-OH is 1. The van der Waals surface area contributed by atoms with Gasteiger partial charge in [0, 0.05) is 81.6 Å². The fourth-order valence-electron chi connectivity index (χ4n) is 14.8. The molecule has 10 heterocycles. The molecule has 21 heteroatoms. The van der Waals surface area contributed by atoms with Crippen LogP contribution in [0.15, 0.2) is 76.9 Å². The van der Waals surface area contributed by atoms with Crippen molar-refractivity contribution in [1.29, 1.82) is 0 Å². The Bertz CT molecular complexity index is 3640. The molecule has 2 unspecified atom stereocenters. The summed E-state index contributed by atoms with van der Waals surface area (Å²) in [6.07, 6.45) is 8.14. The lowest BCUT2D eigenvalue weighted by molar-refractivity contribution is -0.141. The van der Waals surface area contributed by atoms with E-state index in [1.807, 2.05) is 75.7 Å². The molecule has 0 aliphatic carbocycles. The van der Waals surface area contributed by atoms with Gasteiger partial charge in [0.25, 0.3) is 5.88 Å². The van der Waals surface area contributed by atoms with Crippen molar-refractivity contribution in [1.82, 2.24) is 50.4 Å². The molecule has 454 valence electrons. The Morgan fingerprint density at radius 3 is 2.48 bits per heavy atom. The number of benzene rings is 3. The molecule has 13 rings (SSSR count). The third-order valence-corrected chi connectivity index (χ3v) is 20.4. The Morgan fingerprint density at radius 2 is 1.73 bits per heavy atom. The highest BCUT2D eigenvalue weighted by Crippen LogP contribution is 2.45. The zero-order chi connectivity index (χ0) is 59.6. The number of rotatable bonds is 18. The third-order valence-electron chi connectivity index (χ3n) is 19.4. The molecule has 0 spiro atoms. The van der Waals surface area contributed by atoms with E-state index in [1.165, 1.54) is 4.90 Å². The van der Waals surface area contributed by atoms with Gasteiger partial charge < -0.3 is 49.5 Å². The Balaban J connectivity index is 0.634. The second-order valence-electron chi connectivity index (χ2n) is 25.5. The molecule has 3 aromatic carbocycles. The zero-order valence-electron chi connectivity index (χ0n) is 49.6. The summed E-state index contributed by atoms with van der Waals surface area (Å²) in [4.78, 5) is 57.0. The summed E-state index contributed by atoms with van der Waals surface area (Å²) in [5.41, 5.74) is 4.67. The number of pyridine rings is 1. The van der Waals surface area contributed by atoms with E-state index in [1.54, 1.807) is 35.7 Å². The normalized spacial score (nSPS) is 24.7. The van der Waals surface area contributed by atoms with Gasteiger partial charge in [0.2, 0.25) is 11.8 Å². The second kappa shape index (κ2) is 23.6. The van der Waals surface area contributed by atoms with E-state index in [-0.39, 0.29) is 102 Å². The molecule has 6 saturated heterocycles. The van der Waals surface area contributed by atoms with Gasteiger partial charge in [-0.1, -0.05) is 63.2 Å². The number of aliphatic hydroxyl groups is 1. The van der Waals surface area contributed by atoms with Gasteiger partial charge in [0.1, 0.15) is 53.6 Å². The van der Waals surface area contributed by atoms with E-state index >= 15 is 8.78 Å². The van der Waals surface area contributed by atoms with Crippen molar-refractivity contribution >= 4 is 50.6 Å². The van der Waals surface area contributed by atoms with Crippen LogP contribution in [0.4, 0.5) is 14.6 Å². The number of anilines is 1. The van der Waals surface area contributed by atoms with Crippen LogP contribution in [0.1, 0.15) is 120 Å². The number of halogens is 2. The predicted octanol–water partition coefficient (Wildman–Crippen LogP) is 9.45. The highest BCUT2D eigenvalue weighted by Gasteiger charge is 2.51. The molecule has 6 fully saturated rings. The second-order valence-corrected chi connectivity index (χ2v) is 26.3. The van der Waals surface area contributed by atoms with Gasteiger partial charge in [0.05, 0.1) is 39.2 Å². The van der Waals surface area contributed by atoms with E-state index in [9.17, 15) is 19.8 Å². The first-order chi connectivity index (χ1) is 41.5. The minimum atomic E-state index is -1.61. The molecular formula is C65H77F2N11O7S. The summed E-state index contributed by atoms with van der Waals surface area (Å²) in [6, 6.07) is 18.4. The standard InChI is InChI=1S/C65H77F2N11O7S/c1-6-40-9-7-10-43-25-47(79)26-49(55(40)43)57-56(66)58-50(29-68-57)60(76-30-44-15-16-45(31-76)71-44)73-63(72-58)84-35-65-18-8-22-78(65)46(17-19-65)32-75-23-20-64(67,21-24-75)34-83-53-28-52(85-74-53)54(37(2)3)62(82)77-33-48(80)27-51(77)61(81)70-38(4)41-11-13-42(14-12-41)59-39(5)69-36-86-59/h7,9-14,25-26,28-29,36-38,44-46,48,51,54,71,79-80H,6,8,15-24,27,30-35H2,1-5H3,(H,70,81)/t38-,44?,45?,46-,48+,51-,54+,65-/m0/s1. The third kappa shape index (κ3) is 11.3. The van der Waals surface area contributed by atoms with Crippen molar-refractivity contribution in [2.75, 3.05) is 63.9 Å². The first kappa shape index (κ1) is 58.1. The number of alkyl halides is 1. The van der Waals surface area contributed by atoms with Crippen LogP contribution in [0, 0.1) is 18.7 Å². The molecule has 7 aromatic rings. The van der Waals surface area contributed by atoms with E-state index in [0.717, 1.165) is 109 Å². The van der Waals surface area contributed by atoms with Crippen molar-refractivity contribution < 1.29 is 42.6 Å². The van der Waals surface area contributed by atoms with Gasteiger partial charge in [0.15, 0.2) is 11.6 Å². The van der Waals surface area contributed by atoms with Crippen LogP contribution in [-0.2, 0) is 16.0 Å². The number of amides is 2. The van der Waals surface area contributed by atoms with Gasteiger partial charge >= 0.3 is 6.01 Å². The van der Waals surface area contributed by atoms with Crippen molar-refractivity contribution in [3.63, 3.8) is 0 Å². The van der Waals surface area contributed by atoms with Gasteiger partial charge in [-0.15, -0.1) is 11.3 Å². The maximum Gasteiger partial charge on any atom is 0.319 e. The molecule has 18 nitrogen and oxygen atoms in total. The number of aromatic hydroxyl groups is 1. The summed E-state index contributed by atoms with van der Waals surface area (Å²) >= 11 is 1.58. The number of carbonyl (C=O) groups is 2. The van der Waals surface area contributed by atoms with Gasteiger partial charge in [-0.2, -0.15) is 9.97 Å². The fraction of sp³-hybridized carbons (Fsp3) is 0.523. The molecular weight excluding hydrogens is 1120 g/mol. The topological polar surface area (TPSA) is 208 Å². The monoisotopic (exact) mass is 1190 g/mol. The summed E-state index contributed by atoms with van der Waals surface area (Å²) in [5, 5.41) is 34.7. The lowest BCUT2D eigenvalue weighted by Crippen LogP contribution is -2.52. The van der Waals surface area contributed by atoms with Gasteiger partial charge in [-0.25, -0.2) is 13.8 Å². The lowest BCUT2D eigenvalue weighted by Gasteiger charge is -2.40. The van der Waals surface area contributed by atoms with E-state index in [2.05, 4.69) is 42.4 Å². The number of piperidine rings is 1. The maximum absolute atomic E-state index is 17.4. The summed E-state index contributed by atoms with van der Waals surface area (Å²) < 4.78 is 52.5. The first-order valence-corrected chi connectivity index (χ1v) is 31.7. The average molecular weight is 1190 g/mol. The minimum absolute atomic E-state index is 0.00394. The van der Waals surface area contributed by atoms with Crippen LogP contribution in [0.2, 0.25) is 0 Å². The highest BCUT2D eigenvalue weighted by atomic mass is 32.1. The number of nitrogens with one attached hydrogen (secondary N) is 2. The van der Waals surface area contributed by atoms with E-state index < -0.39 is 29.5 Å². The van der Waals surface area contributed by atoms with E-state index in [0.29, 0.717) is 48.5 Å². The molecule has 0 saturated carbocycles. The number of thiazole rings is 1. The number of hydrogen-bond donors (Lipinski definition) is 4. The molecule has 6 aliphatic heterocycles. The number of β-amino-alcohol motifs (C(OH)–C–C–N with tert-alkyl or cyclic N) is 1. The van der Waals surface area contributed by atoms with Crippen LogP contribution in [0.5, 0.6) is 17.6 Å². The molecule has 8 atom stereocenters. The summed E-state index contributed by atoms with van der Waals surface area (Å²) in [5.74, 6) is -1.44. The highest BCUT2D eigenvalue weighted by molar-refractivity contribution is 7.13. The number of likely N-dealkylation sites (tertiary alicyclic amines) is 2. The number of piperazine rings is 1. The SMILES string of the molecule is CCc1cccc2cc(O)cc(-c3ncc4c(N5CC6CCC(C5)N6)nc(OC[C@@]56CCCN5[C@H](CN5CCC(F)(COc7cc([C@H](C(=O)N8C[C@H](O)C[C@H]8C(=O)N[C@@H](C)c8ccc(-c9scnc9C)cc8)C(C)C)on7)CC5)CC6)nc4c3F)c12. The Hall–Kier alpha value is -6.91. The number of ether oxygens (including phenoxy) is 2. The molecule has 2 bridgehead atoms. The number of hydrogen-bond acceptors (Lipinski definition) is 17. The summed E-state index contributed by atoms with van der Waals surface area (Å²) in [6.45, 7) is 14.1. The Kier molecular flexibility index (Phi) is 16.0. The van der Waals surface area contributed by atoms with Crippen LogP contribution in [0.3, 0.4) is 0 Å². The van der Waals surface area contributed by atoms with Crippen molar-refractivity contribution in [2.45, 2.75) is 152 Å². The van der Waals surface area contributed by atoms with Crippen molar-refractivity contribution in [2.24, 2.45) is 5.92 Å². The Labute approximate surface area is 503 Å². The van der Waals surface area contributed by atoms with Crippen LogP contribution < -0.4 is 25.0 Å². The number of nitrogens with zero attached hydrogens (tertiary/aromatic N) is 9. The molecule has 86 heavy (non-hydrogen) atoms. The molecule has 6 aliphatic rings. The van der Waals surface area contributed by atoms with Gasteiger partial charge in [-0.05, 0) is 129 Å². The zero-order valence-corrected chi connectivity index (χ0v) is 50.4. The largest absolute Gasteiger partial charge is 0.508 e. The first-order valence-electron chi connectivity index (χ1n) is 30.8. The quantitative estimate of drug-likeness (QED) is 0.0631. The van der Waals surface area contributed by atoms with Crippen molar-refractivity contribution in [3.05, 3.63) is 101 Å². The molecule has 2 amide bonds. The molecule has 4 aromatic heterocycles. The Morgan fingerprint density at radius 1 is 0.942 bits per heavy atom. The molecule has 4 N–H and O–H groups in total. The summed E-state index contributed by atoms with van der Waals surface area (Å²) in [7, 11) is 0. The smallest absolute Gasteiger partial charge is 0.319 e. The number of phenolic OH excluding ortho intramolecular Hbond substituents is 1. The number of aromatic nitrogens is 5. The van der Waals surface area contributed by atoms with E-state index in [4.69, 9.17) is 28.9 Å². The number of phenols is 1. The number of carbonyl (C=O) groups excluding carboxylic acids is 2.